The summed E-state index contributed by atoms with van der Waals surface area (Å²) < 4.78 is 5.32. The molecule has 1 unspecified atom stereocenters. The third-order valence-corrected chi connectivity index (χ3v) is 1.99. The summed E-state index contributed by atoms with van der Waals surface area (Å²) in [5, 5.41) is 6.40. The lowest BCUT2D eigenvalue weighted by molar-refractivity contribution is 0.141. The predicted molar refractivity (Wildman–Crippen MR) is 65.8 cm³/mol. The molecule has 5 nitrogen and oxygen atoms in total. The average Bonchev–Trinajstić information content (AvgIpc) is 2.27. The van der Waals surface area contributed by atoms with Crippen LogP contribution in [0.3, 0.4) is 0 Å². The summed E-state index contributed by atoms with van der Waals surface area (Å²) in [6, 6.07) is 2.13. The zero-order valence-electron chi connectivity index (χ0n) is 10.2. The van der Waals surface area contributed by atoms with Crippen LogP contribution in [0.4, 0.5) is 11.6 Å². The molecule has 1 aromatic heterocycles. The van der Waals surface area contributed by atoms with Crippen molar-refractivity contribution in [2.24, 2.45) is 0 Å². The molecule has 0 aliphatic rings. The maximum absolute atomic E-state index is 5.32. The van der Waals surface area contributed by atoms with Gasteiger partial charge in [0, 0.05) is 25.3 Å². The Hall–Kier alpha value is -1.36. The van der Waals surface area contributed by atoms with Crippen LogP contribution in [-0.2, 0) is 4.74 Å². The minimum Gasteiger partial charge on any atom is -0.380 e. The Morgan fingerprint density at radius 2 is 2.06 bits per heavy atom. The van der Waals surface area contributed by atoms with Crippen LogP contribution < -0.4 is 10.6 Å². The van der Waals surface area contributed by atoms with Gasteiger partial charge in [-0.3, -0.25) is 0 Å². The smallest absolute Gasteiger partial charge is 0.131 e. The summed E-state index contributed by atoms with van der Waals surface area (Å²) in [6.07, 6.45) is 1.55. The van der Waals surface area contributed by atoms with Gasteiger partial charge in [0.15, 0.2) is 0 Å². The van der Waals surface area contributed by atoms with E-state index in [0.29, 0.717) is 6.61 Å². The van der Waals surface area contributed by atoms with E-state index in [1.165, 1.54) is 0 Å². The Labute approximate surface area is 96.6 Å². The Bertz CT molecular complexity index is 306. The monoisotopic (exact) mass is 224 g/mol. The highest BCUT2D eigenvalue weighted by atomic mass is 16.5. The van der Waals surface area contributed by atoms with Crippen LogP contribution in [0.25, 0.3) is 0 Å². The Kier molecular flexibility index (Phi) is 5.56. The van der Waals surface area contributed by atoms with Crippen molar-refractivity contribution in [3.05, 3.63) is 12.4 Å². The first-order chi connectivity index (χ1) is 7.76. The zero-order valence-corrected chi connectivity index (χ0v) is 10.2. The molecule has 0 spiro atoms. The second-order valence-electron chi connectivity index (χ2n) is 3.52. The third-order valence-electron chi connectivity index (χ3n) is 1.99. The van der Waals surface area contributed by atoms with Crippen molar-refractivity contribution in [3.63, 3.8) is 0 Å². The van der Waals surface area contributed by atoms with E-state index in [2.05, 4.69) is 27.5 Å². The third kappa shape index (κ3) is 4.44. The fourth-order valence-corrected chi connectivity index (χ4v) is 1.30. The highest BCUT2D eigenvalue weighted by Crippen LogP contribution is 2.09. The van der Waals surface area contributed by atoms with Crippen molar-refractivity contribution in [2.75, 3.05) is 30.4 Å². The molecule has 5 heteroatoms. The molecule has 0 amide bonds. The highest BCUT2D eigenvalue weighted by Gasteiger charge is 2.03. The van der Waals surface area contributed by atoms with Gasteiger partial charge in [0.2, 0.25) is 0 Å². The van der Waals surface area contributed by atoms with Gasteiger partial charge in [-0.1, -0.05) is 0 Å². The van der Waals surface area contributed by atoms with Gasteiger partial charge in [0.25, 0.3) is 0 Å². The van der Waals surface area contributed by atoms with Crippen molar-refractivity contribution in [1.82, 2.24) is 9.97 Å². The molecule has 0 aliphatic heterocycles. The molecule has 0 saturated carbocycles. The number of nitrogens with one attached hydrogen (secondary N) is 2. The van der Waals surface area contributed by atoms with Gasteiger partial charge in [-0.05, 0) is 20.8 Å². The molecule has 0 saturated heterocycles. The van der Waals surface area contributed by atoms with Gasteiger partial charge >= 0.3 is 0 Å². The van der Waals surface area contributed by atoms with Crippen molar-refractivity contribution in [3.8, 4) is 0 Å². The first-order valence-electron chi connectivity index (χ1n) is 5.66. The lowest BCUT2D eigenvalue weighted by Crippen LogP contribution is -2.22. The molecular formula is C11H20N4O. The molecule has 1 heterocycles. The van der Waals surface area contributed by atoms with E-state index in [1.807, 2.05) is 19.9 Å². The van der Waals surface area contributed by atoms with E-state index in [9.17, 15) is 0 Å². The number of hydrogen-bond donors (Lipinski definition) is 2. The number of nitrogens with zero attached hydrogens (tertiary/aromatic N) is 2. The van der Waals surface area contributed by atoms with Crippen LogP contribution in [0.5, 0.6) is 0 Å². The lowest BCUT2D eigenvalue weighted by atomic mass is 10.3. The molecule has 90 valence electrons. The fraction of sp³-hybridized carbons (Fsp3) is 0.636. The van der Waals surface area contributed by atoms with Crippen molar-refractivity contribution in [2.45, 2.75) is 26.8 Å². The minimum absolute atomic E-state index is 0.240. The van der Waals surface area contributed by atoms with Crippen LogP contribution in [0.15, 0.2) is 12.4 Å². The van der Waals surface area contributed by atoms with Gasteiger partial charge in [-0.2, -0.15) is 0 Å². The molecule has 0 radical (unpaired) electrons. The van der Waals surface area contributed by atoms with E-state index < -0.39 is 0 Å². The number of anilines is 2. The SMILES string of the molecule is CCNc1cc(NC(C)COCC)ncn1. The average molecular weight is 224 g/mol. The van der Waals surface area contributed by atoms with Gasteiger partial charge in [-0.15, -0.1) is 0 Å². The molecular weight excluding hydrogens is 204 g/mol. The van der Waals surface area contributed by atoms with Crippen LogP contribution in [-0.4, -0.2) is 35.8 Å². The van der Waals surface area contributed by atoms with Crippen LogP contribution >= 0.6 is 0 Å². The van der Waals surface area contributed by atoms with Crippen molar-refractivity contribution < 1.29 is 4.74 Å². The molecule has 1 aromatic rings. The lowest BCUT2D eigenvalue weighted by Gasteiger charge is -2.14. The largest absolute Gasteiger partial charge is 0.380 e. The summed E-state index contributed by atoms with van der Waals surface area (Å²) in [5.41, 5.74) is 0. The fourth-order valence-electron chi connectivity index (χ4n) is 1.30. The summed E-state index contributed by atoms with van der Waals surface area (Å²) in [4.78, 5) is 8.26. The van der Waals surface area contributed by atoms with E-state index >= 15 is 0 Å². The molecule has 0 aromatic carbocycles. The number of ether oxygens (including phenoxy) is 1. The number of aromatic nitrogens is 2. The zero-order chi connectivity index (χ0) is 11.8. The normalized spacial score (nSPS) is 12.2. The first kappa shape index (κ1) is 12.7. The molecule has 1 atom stereocenters. The molecule has 16 heavy (non-hydrogen) atoms. The summed E-state index contributed by atoms with van der Waals surface area (Å²) in [5.74, 6) is 1.65. The van der Waals surface area contributed by atoms with E-state index in [0.717, 1.165) is 24.8 Å². The van der Waals surface area contributed by atoms with Crippen LogP contribution in [0.2, 0.25) is 0 Å². The van der Waals surface area contributed by atoms with E-state index in [1.54, 1.807) is 6.33 Å². The Balaban J connectivity index is 2.49. The summed E-state index contributed by atoms with van der Waals surface area (Å²) >= 11 is 0. The summed E-state index contributed by atoms with van der Waals surface area (Å²) in [7, 11) is 0. The standard InChI is InChI=1S/C11H20N4O/c1-4-12-10-6-11(14-8-13-10)15-9(3)7-16-5-2/h6,8-9H,4-5,7H2,1-3H3,(H2,12,13,14,15). The first-order valence-corrected chi connectivity index (χ1v) is 5.66. The maximum atomic E-state index is 5.32. The Morgan fingerprint density at radius 3 is 2.75 bits per heavy atom. The molecule has 2 N–H and O–H groups in total. The van der Waals surface area contributed by atoms with Gasteiger partial charge in [-0.25, -0.2) is 9.97 Å². The number of hydrogen-bond acceptors (Lipinski definition) is 5. The van der Waals surface area contributed by atoms with Gasteiger partial charge in [0.1, 0.15) is 18.0 Å². The van der Waals surface area contributed by atoms with E-state index in [4.69, 9.17) is 4.74 Å². The van der Waals surface area contributed by atoms with Gasteiger partial charge in [0.05, 0.1) is 6.61 Å². The quantitative estimate of drug-likeness (QED) is 0.739. The van der Waals surface area contributed by atoms with Crippen LogP contribution in [0, 0.1) is 0 Å². The minimum atomic E-state index is 0.240. The number of rotatable bonds is 7. The molecule has 0 aliphatic carbocycles. The van der Waals surface area contributed by atoms with Gasteiger partial charge < -0.3 is 15.4 Å². The second-order valence-corrected chi connectivity index (χ2v) is 3.52. The van der Waals surface area contributed by atoms with Crippen molar-refractivity contribution >= 4 is 11.6 Å². The molecule has 0 fully saturated rings. The second kappa shape index (κ2) is 7.00. The van der Waals surface area contributed by atoms with E-state index in [-0.39, 0.29) is 6.04 Å². The molecule has 1 rings (SSSR count). The van der Waals surface area contributed by atoms with Crippen molar-refractivity contribution in [1.29, 1.82) is 0 Å². The molecule has 0 bridgehead atoms. The predicted octanol–water partition coefficient (Wildman–Crippen LogP) is 1.75. The Morgan fingerprint density at radius 1 is 1.31 bits per heavy atom. The maximum Gasteiger partial charge on any atom is 0.131 e. The topological polar surface area (TPSA) is 59.1 Å². The highest BCUT2D eigenvalue weighted by molar-refractivity contribution is 5.46. The van der Waals surface area contributed by atoms with Crippen LogP contribution in [0.1, 0.15) is 20.8 Å². The summed E-state index contributed by atoms with van der Waals surface area (Å²) in [6.45, 7) is 8.35.